The number of hydrogen-bond acceptors (Lipinski definition) is 4. The fourth-order valence-corrected chi connectivity index (χ4v) is 5.18. The standard InChI is InChI=1S/C26H28N2O4S/c1-26(2,3)32-25(29)28-17-15-19(16-18-28)21-13-14-24(23-12-8-7-11-22(21)23)33(30,31)27-20-9-5-4-6-10-20/h4-15,27H,16-18H2,1-3H3. The molecule has 1 N–H and O–H groups in total. The van der Waals surface area contributed by atoms with E-state index in [9.17, 15) is 13.2 Å². The summed E-state index contributed by atoms with van der Waals surface area (Å²) in [5.74, 6) is 0. The van der Waals surface area contributed by atoms with Crippen LogP contribution in [0.1, 0.15) is 32.8 Å². The van der Waals surface area contributed by atoms with E-state index in [0.29, 0.717) is 30.6 Å². The van der Waals surface area contributed by atoms with Crippen LogP contribution in [0.4, 0.5) is 10.5 Å². The van der Waals surface area contributed by atoms with Crippen molar-refractivity contribution in [3.8, 4) is 0 Å². The Balaban J connectivity index is 1.65. The highest BCUT2D eigenvalue weighted by molar-refractivity contribution is 7.93. The molecule has 1 heterocycles. The first-order chi connectivity index (χ1) is 15.6. The molecule has 7 heteroatoms. The monoisotopic (exact) mass is 464 g/mol. The largest absolute Gasteiger partial charge is 0.444 e. The number of anilines is 1. The van der Waals surface area contributed by atoms with E-state index in [0.717, 1.165) is 16.5 Å². The van der Waals surface area contributed by atoms with Gasteiger partial charge in [-0.05, 0) is 61.9 Å². The molecule has 0 unspecified atom stereocenters. The van der Waals surface area contributed by atoms with Gasteiger partial charge in [-0.1, -0.05) is 54.6 Å². The minimum Gasteiger partial charge on any atom is -0.444 e. The van der Waals surface area contributed by atoms with Gasteiger partial charge in [-0.15, -0.1) is 0 Å². The summed E-state index contributed by atoms with van der Waals surface area (Å²) in [6, 6.07) is 19.9. The first-order valence-electron chi connectivity index (χ1n) is 10.9. The van der Waals surface area contributed by atoms with Crippen LogP contribution in [-0.2, 0) is 14.8 Å². The number of fused-ring (bicyclic) bond motifs is 1. The summed E-state index contributed by atoms with van der Waals surface area (Å²) in [5, 5.41) is 1.53. The molecule has 0 bridgehead atoms. The van der Waals surface area contributed by atoms with Gasteiger partial charge in [0.1, 0.15) is 5.60 Å². The summed E-state index contributed by atoms with van der Waals surface area (Å²) in [5.41, 5.74) is 2.05. The maximum absolute atomic E-state index is 13.2. The first-order valence-corrected chi connectivity index (χ1v) is 12.4. The van der Waals surface area contributed by atoms with E-state index in [1.54, 1.807) is 35.2 Å². The minimum absolute atomic E-state index is 0.234. The average Bonchev–Trinajstić information content (AvgIpc) is 2.77. The van der Waals surface area contributed by atoms with Crippen LogP contribution in [0, 0.1) is 0 Å². The summed E-state index contributed by atoms with van der Waals surface area (Å²) in [6.07, 6.45) is 2.36. The number of amides is 1. The van der Waals surface area contributed by atoms with Gasteiger partial charge in [0.05, 0.1) is 4.90 Å². The SMILES string of the molecule is CC(C)(C)OC(=O)N1CC=C(c2ccc(S(=O)(=O)Nc3ccccc3)c3ccccc23)CC1. The summed E-state index contributed by atoms with van der Waals surface area (Å²) in [4.78, 5) is 14.3. The Kier molecular flexibility index (Phi) is 6.17. The molecule has 1 amide bonds. The zero-order valence-corrected chi connectivity index (χ0v) is 19.9. The van der Waals surface area contributed by atoms with Crippen LogP contribution >= 0.6 is 0 Å². The van der Waals surface area contributed by atoms with Crippen molar-refractivity contribution in [2.45, 2.75) is 37.7 Å². The number of para-hydroxylation sites is 1. The van der Waals surface area contributed by atoms with Gasteiger partial charge >= 0.3 is 6.09 Å². The van der Waals surface area contributed by atoms with Gasteiger partial charge in [-0.25, -0.2) is 13.2 Å². The highest BCUT2D eigenvalue weighted by Crippen LogP contribution is 2.33. The predicted molar refractivity (Wildman–Crippen MR) is 132 cm³/mol. The zero-order valence-electron chi connectivity index (χ0n) is 19.0. The van der Waals surface area contributed by atoms with E-state index in [1.165, 1.54) is 0 Å². The molecule has 0 aliphatic carbocycles. The second-order valence-corrected chi connectivity index (χ2v) is 10.7. The van der Waals surface area contributed by atoms with E-state index in [1.807, 2.05) is 63.2 Å². The van der Waals surface area contributed by atoms with E-state index < -0.39 is 15.6 Å². The Bertz CT molecular complexity index is 1310. The van der Waals surface area contributed by atoms with Crippen LogP contribution in [0.15, 0.2) is 77.7 Å². The quantitative estimate of drug-likeness (QED) is 0.540. The number of carbonyl (C=O) groups excluding carboxylic acids is 1. The van der Waals surface area contributed by atoms with Gasteiger partial charge in [0.25, 0.3) is 10.0 Å². The summed E-state index contributed by atoms with van der Waals surface area (Å²) in [6.45, 7) is 6.55. The van der Waals surface area contributed by atoms with Crippen molar-refractivity contribution in [1.82, 2.24) is 4.90 Å². The van der Waals surface area contributed by atoms with Crippen molar-refractivity contribution in [1.29, 1.82) is 0 Å². The lowest BCUT2D eigenvalue weighted by atomic mass is 9.94. The molecule has 0 radical (unpaired) electrons. The molecule has 3 aromatic carbocycles. The van der Waals surface area contributed by atoms with Crippen molar-refractivity contribution < 1.29 is 17.9 Å². The fourth-order valence-electron chi connectivity index (χ4n) is 3.91. The van der Waals surface area contributed by atoms with Gasteiger partial charge in [-0.3, -0.25) is 4.72 Å². The third kappa shape index (κ3) is 5.20. The third-order valence-electron chi connectivity index (χ3n) is 5.41. The molecule has 172 valence electrons. The second-order valence-electron chi connectivity index (χ2n) is 9.03. The molecule has 0 saturated heterocycles. The Morgan fingerprint density at radius 1 is 0.939 bits per heavy atom. The summed E-state index contributed by atoms with van der Waals surface area (Å²) >= 11 is 0. The van der Waals surface area contributed by atoms with E-state index >= 15 is 0 Å². The smallest absolute Gasteiger partial charge is 0.410 e. The molecule has 0 atom stereocenters. The van der Waals surface area contributed by atoms with Gasteiger partial charge in [0.2, 0.25) is 0 Å². The van der Waals surface area contributed by atoms with Crippen molar-refractivity contribution in [2.75, 3.05) is 17.8 Å². The molecule has 4 rings (SSSR count). The van der Waals surface area contributed by atoms with Crippen LogP contribution < -0.4 is 4.72 Å². The van der Waals surface area contributed by atoms with E-state index in [-0.39, 0.29) is 11.0 Å². The maximum atomic E-state index is 13.2. The summed E-state index contributed by atoms with van der Waals surface area (Å²) in [7, 11) is -3.76. The van der Waals surface area contributed by atoms with Crippen molar-refractivity contribution in [3.05, 3.63) is 78.4 Å². The van der Waals surface area contributed by atoms with E-state index in [4.69, 9.17) is 4.74 Å². The first kappa shape index (κ1) is 22.9. The average molecular weight is 465 g/mol. The molecule has 0 spiro atoms. The zero-order chi connectivity index (χ0) is 23.6. The molecule has 6 nitrogen and oxygen atoms in total. The van der Waals surface area contributed by atoms with Crippen LogP contribution in [0.25, 0.3) is 16.3 Å². The third-order valence-corrected chi connectivity index (χ3v) is 6.85. The Labute approximate surface area is 194 Å². The molecule has 3 aromatic rings. The molecule has 0 saturated carbocycles. The Hall–Kier alpha value is -3.32. The highest BCUT2D eigenvalue weighted by Gasteiger charge is 2.25. The van der Waals surface area contributed by atoms with Crippen LogP contribution in [-0.4, -0.2) is 38.1 Å². The van der Waals surface area contributed by atoms with Gasteiger partial charge < -0.3 is 9.64 Å². The lowest BCUT2D eigenvalue weighted by molar-refractivity contribution is 0.0270. The molecule has 33 heavy (non-hydrogen) atoms. The minimum atomic E-state index is -3.76. The number of carbonyl (C=O) groups is 1. The number of nitrogens with one attached hydrogen (secondary N) is 1. The molecule has 0 fully saturated rings. The number of rotatable bonds is 4. The maximum Gasteiger partial charge on any atom is 0.410 e. The lowest BCUT2D eigenvalue weighted by Gasteiger charge is -2.30. The van der Waals surface area contributed by atoms with E-state index in [2.05, 4.69) is 4.72 Å². The molecule has 1 aliphatic rings. The molecular weight excluding hydrogens is 436 g/mol. The fraction of sp³-hybridized carbons (Fsp3) is 0.269. The summed E-state index contributed by atoms with van der Waals surface area (Å²) < 4.78 is 34.4. The number of ether oxygens (including phenoxy) is 1. The van der Waals surface area contributed by atoms with Gasteiger partial charge in [0.15, 0.2) is 0 Å². The predicted octanol–water partition coefficient (Wildman–Crippen LogP) is 5.66. The van der Waals surface area contributed by atoms with Crippen molar-refractivity contribution >= 4 is 38.1 Å². The van der Waals surface area contributed by atoms with Gasteiger partial charge in [-0.2, -0.15) is 0 Å². The van der Waals surface area contributed by atoms with Crippen LogP contribution in [0.3, 0.4) is 0 Å². The molecular formula is C26H28N2O4S. The van der Waals surface area contributed by atoms with Crippen molar-refractivity contribution in [3.63, 3.8) is 0 Å². The highest BCUT2D eigenvalue weighted by atomic mass is 32.2. The molecule has 0 aromatic heterocycles. The van der Waals surface area contributed by atoms with Crippen LogP contribution in [0.5, 0.6) is 0 Å². The number of sulfonamides is 1. The lowest BCUT2D eigenvalue weighted by Crippen LogP contribution is -2.39. The topological polar surface area (TPSA) is 75.7 Å². The van der Waals surface area contributed by atoms with Crippen molar-refractivity contribution in [2.24, 2.45) is 0 Å². The second kappa shape index (κ2) is 8.90. The normalized spacial score (nSPS) is 14.6. The number of hydrogen-bond donors (Lipinski definition) is 1. The number of benzene rings is 3. The van der Waals surface area contributed by atoms with Gasteiger partial charge in [0, 0.05) is 24.2 Å². The number of nitrogens with zero attached hydrogens (tertiary/aromatic N) is 1. The van der Waals surface area contributed by atoms with Crippen LogP contribution in [0.2, 0.25) is 0 Å². The molecule has 1 aliphatic heterocycles. The Morgan fingerprint density at radius 2 is 1.61 bits per heavy atom. The Morgan fingerprint density at radius 3 is 2.24 bits per heavy atom.